The predicted molar refractivity (Wildman–Crippen MR) is 31.5 cm³/mol. The summed E-state index contributed by atoms with van der Waals surface area (Å²) in [6.07, 6.45) is -0.584. The van der Waals surface area contributed by atoms with Crippen molar-refractivity contribution in [1.82, 2.24) is 5.32 Å². The molecule has 0 heterocycles. The number of rotatable bonds is 3. The molecule has 1 unspecified atom stereocenters. The smallest absolute Gasteiger partial charge is 0.102 e. The van der Waals surface area contributed by atoms with E-state index in [1.54, 1.807) is 6.92 Å². The molecule has 8 heavy (non-hydrogen) atoms. The third kappa shape index (κ3) is 5.46. The van der Waals surface area contributed by atoms with Crippen LogP contribution in [0.25, 0.3) is 0 Å². The van der Waals surface area contributed by atoms with Gasteiger partial charge in [-0.05, 0) is 6.92 Å². The highest BCUT2D eigenvalue weighted by atomic mass is 16.3. The van der Waals surface area contributed by atoms with E-state index in [-0.39, 0.29) is 12.3 Å². The molecule has 0 saturated heterocycles. The molecule has 0 aliphatic carbocycles. The van der Waals surface area contributed by atoms with Crippen LogP contribution in [0, 0.1) is 0 Å². The summed E-state index contributed by atoms with van der Waals surface area (Å²) in [7, 11) is 0. The van der Waals surface area contributed by atoms with Crippen molar-refractivity contribution in [2.45, 2.75) is 13.2 Å². The molecule has 0 aromatic rings. The maximum Gasteiger partial charge on any atom is 0.102 e. The molecule has 1 atom stereocenters. The number of hydrogen-bond acceptors (Lipinski definition) is 3. The zero-order valence-corrected chi connectivity index (χ0v) is 4.89. The number of hydrogen-bond donors (Lipinski definition) is 3. The van der Waals surface area contributed by atoms with Gasteiger partial charge in [0.25, 0.3) is 0 Å². The molecule has 3 heteroatoms. The Morgan fingerprint density at radius 3 is 2.50 bits per heavy atom. The molecule has 0 aromatic heterocycles. The molecule has 0 rings (SSSR count). The molecule has 3 nitrogen and oxygen atoms in total. The highest BCUT2D eigenvalue weighted by Gasteiger charge is 1.91. The van der Waals surface area contributed by atoms with E-state index in [1.165, 1.54) is 0 Å². The van der Waals surface area contributed by atoms with Crippen LogP contribution in [-0.4, -0.2) is 23.0 Å². The minimum absolute atomic E-state index is 0.0332. The van der Waals surface area contributed by atoms with Crippen molar-refractivity contribution in [3.05, 3.63) is 12.3 Å². The van der Waals surface area contributed by atoms with Crippen LogP contribution < -0.4 is 5.32 Å². The molecule has 0 aromatic carbocycles. The van der Waals surface area contributed by atoms with Gasteiger partial charge in [-0.2, -0.15) is 0 Å². The molecule has 0 saturated carbocycles. The topological polar surface area (TPSA) is 52.5 Å². The summed E-state index contributed by atoms with van der Waals surface area (Å²) in [5.41, 5.74) is 0. The Morgan fingerprint density at radius 1 is 1.88 bits per heavy atom. The second-order valence-corrected chi connectivity index (χ2v) is 1.62. The Kier molecular flexibility index (Phi) is 3.23. The Hall–Kier alpha value is -0.540. The van der Waals surface area contributed by atoms with Crippen LogP contribution in [0.3, 0.4) is 0 Å². The quantitative estimate of drug-likeness (QED) is 0.360. The summed E-state index contributed by atoms with van der Waals surface area (Å²) in [6, 6.07) is 0. The van der Waals surface area contributed by atoms with E-state index in [9.17, 15) is 0 Å². The lowest BCUT2D eigenvalue weighted by Crippen LogP contribution is -2.26. The summed E-state index contributed by atoms with van der Waals surface area (Å²) in [5, 5.41) is 19.5. The summed E-state index contributed by atoms with van der Waals surface area (Å²) in [4.78, 5) is 0. The van der Waals surface area contributed by atoms with Crippen LogP contribution in [0.4, 0.5) is 0 Å². The molecular weight excluding hydrogens is 106 g/mol. The highest BCUT2D eigenvalue weighted by Crippen LogP contribution is 1.77. The first-order chi connectivity index (χ1) is 3.63. The van der Waals surface area contributed by atoms with Crippen molar-refractivity contribution in [3.8, 4) is 0 Å². The first-order valence-electron chi connectivity index (χ1n) is 2.41. The maximum atomic E-state index is 8.54. The van der Waals surface area contributed by atoms with Crippen LogP contribution in [0.2, 0.25) is 0 Å². The van der Waals surface area contributed by atoms with E-state index < -0.39 is 6.23 Å². The van der Waals surface area contributed by atoms with Gasteiger partial charge < -0.3 is 10.2 Å². The lowest BCUT2D eigenvalue weighted by molar-refractivity contribution is 0.155. The Labute approximate surface area is 48.6 Å². The van der Waals surface area contributed by atoms with Crippen molar-refractivity contribution in [3.63, 3.8) is 0 Å². The largest absolute Gasteiger partial charge is 0.512 e. The standard InChI is InChI=1S/C5H11NO2/c1-4(7)3-6-5(2)8/h5-8H,1,3H2,2H3. The normalized spacial score (nSPS) is 13.2. The molecule has 3 N–H and O–H groups in total. The van der Waals surface area contributed by atoms with Crippen molar-refractivity contribution >= 4 is 0 Å². The summed E-state index contributed by atoms with van der Waals surface area (Å²) >= 11 is 0. The molecule has 0 aliphatic rings. The first kappa shape index (κ1) is 7.46. The predicted octanol–water partition coefficient (Wildman–Crippen LogP) is -0.0140. The van der Waals surface area contributed by atoms with E-state index in [1.807, 2.05) is 0 Å². The zero-order chi connectivity index (χ0) is 6.57. The van der Waals surface area contributed by atoms with Gasteiger partial charge in [-0.15, -0.1) is 0 Å². The van der Waals surface area contributed by atoms with E-state index in [0.717, 1.165) is 0 Å². The fourth-order valence-electron chi connectivity index (χ4n) is 0.266. The SMILES string of the molecule is C=C(O)CNC(C)O. The van der Waals surface area contributed by atoms with Crippen molar-refractivity contribution in [2.75, 3.05) is 6.54 Å². The van der Waals surface area contributed by atoms with Gasteiger partial charge in [0.2, 0.25) is 0 Å². The van der Waals surface area contributed by atoms with E-state index in [4.69, 9.17) is 10.2 Å². The lowest BCUT2D eigenvalue weighted by Gasteiger charge is -2.03. The minimum Gasteiger partial charge on any atom is -0.512 e. The molecule has 0 radical (unpaired) electrons. The van der Waals surface area contributed by atoms with Crippen molar-refractivity contribution in [1.29, 1.82) is 0 Å². The number of nitrogens with one attached hydrogen (secondary N) is 1. The van der Waals surface area contributed by atoms with Gasteiger partial charge in [0.1, 0.15) is 6.23 Å². The third-order valence-electron chi connectivity index (χ3n) is 0.602. The van der Waals surface area contributed by atoms with Crippen molar-refractivity contribution in [2.24, 2.45) is 0 Å². The fourth-order valence-corrected chi connectivity index (χ4v) is 0.266. The molecule has 0 spiro atoms. The van der Waals surface area contributed by atoms with Crippen molar-refractivity contribution < 1.29 is 10.2 Å². The van der Waals surface area contributed by atoms with Gasteiger partial charge in [-0.3, -0.25) is 5.32 Å². The maximum absolute atomic E-state index is 8.54. The summed E-state index contributed by atoms with van der Waals surface area (Å²) < 4.78 is 0. The van der Waals surface area contributed by atoms with Gasteiger partial charge >= 0.3 is 0 Å². The van der Waals surface area contributed by atoms with Crippen LogP contribution in [0.15, 0.2) is 12.3 Å². The highest BCUT2D eigenvalue weighted by molar-refractivity contribution is 4.81. The molecule has 0 amide bonds. The van der Waals surface area contributed by atoms with Gasteiger partial charge in [0, 0.05) is 0 Å². The first-order valence-corrected chi connectivity index (χ1v) is 2.41. The number of aliphatic hydroxyl groups excluding tert-OH is 2. The van der Waals surface area contributed by atoms with Crippen LogP contribution in [-0.2, 0) is 0 Å². The fraction of sp³-hybridized carbons (Fsp3) is 0.600. The van der Waals surface area contributed by atoms with E-state index >= 15 is 0 Å². The van der Waals surface area contributed by atoms with Gasteiger partial charge in [-0.25, -0.2) is 0 Å². The van der Waals surface area contributed by atoms with Crippen LogP contribution in [0.5, 0.6) is 0 Å². The summed E-state index contributed by atoms with van der Waals surface area (Å²) in [6.45, 7) is 5.03. The second kappa shape index (κ2) is 3.46. The average Bonchev–Trinajstić information content (AvgIpc) is 1.61. The van der Waals surface area contributed by atoms with Gasteiger partial charge in [0.15, 0.2) is 0 Å². The molecule has 48 valence electrons. The van der Waals surface area contributed by atoms with Gasteiger partial charge in [-0.1, -0.05) is 6.58 Å². The monoisotopic (exact) mass is 117 g/mol. The van der Waals surface area contributed by atoms with Gasteiger partial charge in [0.05, 0.1) is 12.3 Å². The van der Waals surface area contributed by atoms with Crippen LogP contribution >= 0.6 is 0 Å². The minimum atomic E-state index is -0.584. The molecule has 0 fully saturated rings. The zero-order valence-electron chi connectivity index (χ0n) is 4.89. The molecule has 0 aliphatic heterocycles. The Balaban J connectivity index is 3.05. The van der Waals surface area contributed by atoms with E-state index in [2.05, 4.69) is 11.9 Å². The molecular formula is C5H11NO2. The number of aliphatic hydroxyl groups is 2. The second-order valence-electron chi connectivity index (χ2n) is 1.62. The molecule has 0 bridgehead atoms. The Morgan fingerprint density at radius 2 is 2.38 bits per heavy atom. The Bertz CT molecular complexity index is 80.5. The van der Waals surface area contributed by atoms with Crippen LogP contribution in [0.1, 0.15) is 6.92 Å². The third-order valence-corrected chi connectivity index (χ3v) is 0.602. The summed E-state index contributed by atoms with van der Waals surface area (Å²) in [5.74, 6) is 0.0332. The lowest BCUT2D eigenvalue weighted by atomic mass is 10.5. The average molecular weight is 117 g/mol. The van der Waals surface area contributed by atoms with E-state index in [0.29, 0.717) is 0 Å².